The molecule has 4 heterocycles. The lowest BCUT2D eigenvalue weighted by Gasteiger charge is -2.17. The quantitative estimate of drug-likeness (QED) is 0.158. The van der Waals surface area contributed by atoms with E-state index in [9.17, 15) is 40.2 Å². The molecule has 186 valence electrons. The summed E-state index contributed by atoms with van der Waals surface area (Å²) in [5.74, 6) is 0. The lowest BCUT2D eigenvalue weighted by molar-refractivity contribution is -0.0551. The highest BCUT2D eigenvalue weighted by molar-refractivity contribution is 8.76. The van der Waals surface area contributed by atoms with Gasteiger partial charge in [-0.2, -0.15) is 9.97 Å². The Balaban J connectivity index is 1.42. The zero-order valence-corrected chi connectivity index (χ0v) is 18.9. The third-order valence-electron chi connectivity index (χ3n) is 5.40. The number of aliphatic hydroxyl groups is 6. The van der Waals surface area contributed by atoms with Crippen LogP contribution in [0.4, 0.5) is 0 Å². The van der Waals surface area contributed by atoms with Crippen molar-refractivity contribution in [1.82, 2.24) is 19.1 Å². The predicted molar refractivity (Wildman–Crippen MR) is 115 cm³/mol. The van der Waals surface area contributed by atoms with E-state index in [4.69, 9.17) is 9.47 Å². The van der Waals surface area contributed by atoms with Gasteiger partial charge < -0.3 is 40.1 Å². The van der Waals surface area contributed by atoms with Gasteiger partial charge in [0.2, 0.25) is 0 Å². The average molecular weight is 519 g/mol. The van der Waals surface area contributed by atoms with Gasteiger partial charge in [-0.15, -0.1) is 0 Å². The molecule has 2 aliphatic heterocycles. The molecule has 2 aliphatic rings. The Bertz CT molecular complexity index is 1040. The average Bonchev–Trinajstić information content (AvgIpc) is 3.27. The third-order valence-corrected chi connectivity index (χ3v) is 7.56. The minimum atomic E-state index is -1.42. The van der Waals surface area contributed by atoms with Crippen LogP contribution in [0, 0.1) is 0 Å². The highest BCUT2D eigenvalue weighted by Crippen LogP contribution is 2.35. The van der Waals surface area contributed by atoms with Gasteiger partial charge in [0.05, 0.1) is 13.2 Å². The molecule has 0 aliphatic carbocycles. The van der Waals surface area contributed by atoms with E-state index in [1.165, 1.54) is 24.5 Å². The second-order valence-electron chi connectivity index (χ2n) is 7.54. The molecule has 4 rings (SSSR count). The molecule has 34 heavy (non-hydrogen) atoms. The number of rotatable bonds is 7. The molecule has 2 fully saturated rings. The molecule has 2 aromatic rings. The topological polar surface area (TPSA) is 210 Å². The molecule has 0 bridgehead atoms. The van der Waals surface area contributed by atoms with Gasteiger partial charge in [0, 0.05) is 12.4 Å². The molecular weight excluding hydrogens is 496 g/mol. The number of nitrogens with zero attached hydrogens (tertiary/aromatic N) is 4. The Morgan fingerprint density at radius 1 is 0.735 bits per heavy atom. The summed E-state index contributed by atoms with van der Waals surface area (Å²) in [5.41, 5.74) is -1.51. The van der Waals surface area contributed by atoms with Gasteiger partial charge in [0.25, 0.3) is 0 Å². The third kappa shape index (κ3) is 4.78. The Hall–Kier alpha value is -1.86. The Morgan fingerprint density at radius 3 is 1.41 bits per heavy atom. The van der Waals surface area contributed by atoms with Crippen LogP contribution < -0.4 is 11.4 Å². The van der Waals surface area contributed by atoms with Crippen LogP contribution in [0.2, 0.25) is 0 Å². The van der Waals surface area contributed by atoms with Crippen molar-refractivity contribution in [2.45, 2.75) is 59.1 Å². The van der Waals surface area contributed by atoms with E-state index >= 15 is 0 Å². The van der Waals surface area contributed by atoms with E-state index in [0.717, 1.165) is 30.7 Å². The van der Waals surface area contributed by atoms with Gasteiger partial charge in [-0.1, -0.05) is 0 Å². The fourth-order valence-corrected chi connectivity index (χ4v) is 5.28. The molecule has 0 saturated carbocycles. The van der Waals surface area contributed by atoms with Gasteiger partial charge in [-0.3, -0.25) is 9.13 Å². The first-order chi connectivity index (χ1) is 16.2. The highest BCUT2D eigenvalue weighted by atomic mass is 33.1. The maximum Gasteiger partial charge on any atom is 0.350 e. The Morgan fingerprint density at radius 2 is 1.12 bits per heavy atom. The van der Waals surface area contributed by atoms with Crippen LogP contribution in [0.5, 0.6) is 0 Å². The van der Waals surface area contributed by atoms with Gasteiger partial charge in [-0.25, -0.2) is 9.59 Å². The van der Waals surface area contributed by atoms with Gasteiger partial charge in [-0.05, 0) is 33.7 Å². The molecule has 2 aromatic heterocycles. The maximum absolute atomic E-state index is 12.4. The molecule has 0 spiro atoms. The molecule has 0 amide bonds. The molecule has 6 N–H and O–H groups in total. The van der Waals surface area contributed by atoms with Gasteiger partial charge in [0.15, 0.2) is 12.5 Å². The van der Waals surface area contributed by atoms with Gasteiger partial charge in [0.1, 0.15) is 46.7 Å². The monoisotopic (exact) mass is 518 g/mol. The minimum Gasteiger partial charge on any atom is -0.394 e. The van der Waals surface area contributed by atoms with Crippen LogP contribution >= 0.6 is 21.6 Å². The van der Waals surface area contributed by atoms with Crippen molar-refractivity contribution in [2.75, 3.05) is 13.2 Å². The fraction of sp³-hybridized carbons (Fsp3) is 0.556. The number of ether oxygens (including phenoxy) is 2. The molecule has 0 aromatic carbocycles. The van der Waals surface area contributed by atoms with E-state index in [2.05, 4.69) is 9.97 Å². The van der Waals surface area contributed by atoms with E-state index in [0.29, 0.717) is 0 Å². The normalized spacial score (nSPS) is 33.5. The summed E-state index contributed by atoms with van der Waals surface area (Å²) < 4.78 is 12.6. The summed E-state index contributed by atoms with van der Waals surface area (Å²) in [6.45, 7) is -1.05. The predicted octanol–water partition coefficient (Wildman–Crippen LogP) is -3.18. The summed E-state index contributed by atoms with van der Waals surface area (Å²) in [7, 11) is 2.06. The highest BCUT2D eigenvalue weighted by Gasteiger charge is 2.44. The van der Waals surface area contributed by atoms with Crippen molar-refractivity contribution in [3.05, 3.63) is 45.5 Å². The molecular formula is C18H22N4O10S2. The Labute approximate surface area is 198 Å². The van der Waals surface area contributed by atoms with Crippen LogP contribution in [-0.2, 0) is 9.47 Å². The number of aliphatic hydroxyl groups excluding tert-OH is 6. The van der Waals surface area contributed by atoms with E-state index in [1.807, 2.05) is 0 Å². The van der Waals surface area contributed by atoms with E-state index in [-0.39, 0.29) is 10.1 Å². The molecule has 0 radical (unpaired) electrons. The molecule has 14 nitrogen and oxygen atoms in total. The first-order valence-electron chi connectivity index (χ1n) is 10.0. The largest absolute Gasteiger partial charge is 0.394 e. The first-order valence-corrected chi connectivity index (χ1v) is 12.2. The van der Waals surface area contributed by atoms with Crippen LogP contribution in [0.15, 0.2) is 44.2 Å². The number of hydrogen-bond donors (Lipinski definition) is 6. The SMILES string of the molecule is O=c1nc(SSc2ccn([C@@H]3O[C@H](CO)[C@H](O)[C@@H]3O)c(=O)n2)ccn1[C@@H]1O[C@H](CO)[C@@H](O)[C@H]1O. The molecule has 8 atom stereocenters. The smallest absolute Gasteiger partial charge is 0.350 e. The van der Waals surface area contributed by atoms with Crippen LogP contribution in [-0.4, -0.2) is 99.6 Å². The van der Waals surface area contributed by atoms with Crippen molar-refractivity contribution < 1.29 is 40.1 Å². The Kier molecular flexibility index (Phi) is 7.72. The molecule has 0 unspecified atom stereocenters. The summed E-state index contributed by atoms with van der Waals surface area (Å²) >= 11 is 0. The maximum atomic E-state index is 12.4. The van der Waals surface area contributed by atoms with E-state index in [1.54, 1.807) is 0 Å². The van der Waals surface area contributed by atoms with Crippen molar-refractivity contribution in [1.29, 1.82) is 0 Å². The zero-order chi connectivity index (χ0) is 24.6. The lowest BCUT2D eigenvalue weighted by atomic mass is 10.1. The van der Waals surface area contributed by atoms with Crippen molar-refractivity contribution in [2.24, 2.45) is 0 Å². The minimum absolute atomic E-state index is 0.271. The molecule has 2 saturated heterocycles. The zero-order valence-electron chi connectivity index (χ0n) is 17.3. The van der Waals surface area contributed by atoms with Crippen molar-refractivity contribution in [3.8, 4) is 0 Å². The summed E-state index contributed by atoms with van der Waals surface area (Å²) in [6, 6.07) is 2.93. The molecule has 16 heteroatoms. The van der Waals surface area contributed by atoms with Crippen molar-refractivity contribution in [3.63, 3.8) is 0 Å². The van der Waals surface area contributed by atoms with Crippen LogP contribution in [0.3, 0.4) is 0 Å². The summed E-state index contributed by atoms with van der Waals surface area (Å²) in [4.78, 5) is 32.5. The number of hydrogen-bond acceptors (Lipinski definition) is 14. The van der Waals surface area contributed by atoms with Crippen LogP contribution in [0.25, 0.3) is 0 Å². The summed E-state index contributed by atoms with van der Waals surface area (Å²) in [6.07, 6.45) is -7.36. The van der Waals surface area contributed by atoms with Crippen LogP contribution in [0.1, 0.15) is 12.5 Å². The van der Waals surface area contributed by atoms with Crippen molar-refractivity contribution >= 4 is 21.6 Å². The van der Waals surface area contributed by atoms with Gasteiger partial charge >= 0.3 is 11.4 Å². The summed E-state index contributed by atoms with van der Waals surface area (Å²) in [5, 5.41) is 58.7. The fourth-order valence-electron chi connectivity index (χ4n) is 3.58. The lowest BCUT2D eigenvalue weighted by Crippen LogP contribution is -2.36. The standard InChI is InChI=1S/C18H22N4O10S2/c23-5-7-11(25)13(27)15(31-7)21-3-1-9(19-17(21)29)33-34-10-2-4-22(18(30)20-10)16-14(28)12(26)8(6-24)32-16/h1-4,7-8,11-16,23-28H,5-6H2/t7-,8-,11-,12+,13-,14+,15-,16-/m1/s1. The second kappa shape index (κ2) is 10.4. The number of aromatic nitrogens is 4. The second-order valence-corrected chi connectivity index (χ2v) is 9.71. The first kappa shape index (κ1) is 25.2. The van der Waals surface area contributed by atoms with E-state index < -0.39 is 73.7 Å².